The second-order valence-electron chi connectivity index (χ2n) is 4.11. The Labute approximate surface area is 121 Å². The lowest BCUT2D eigenvalue weighted by Crippen LogP contribution is -2.25. The number of hydrogen-bond donors (Lipinski definition) is 1. The molecule has 20 heavy (non-hydrogen) atoms. The number of nitrogens with one attached hydrogen (secondary N) is 1. The predicted octanol–water partition coefficient (Wildman–Crippen LogP) is 1.81. The van der Waals surface area contributed by atoms with E-state index in [-0.39, 0.29) is 5.91 Å². The minimum Gasteiger partial charge on any atom is -0.351 e. The van der Waals surface area contributed by atoms with E-state index in [1.54, 1.807) is 42.2 Å². The van der Waals surface area contributed by atoms with Crippen molar-refractivity contribution >= 4 is 17.7 Å². The first-order chi connectivity index (χ1) is 9.70. The van der Waals surface area contributed by atoms with E-state index >= 15 is 0 Å². The van der Waals surface area contributed by atoms with Crippen LogP contribution in [0.15, 0.2) is 41.8 Å². The topological polar surface area (TPSA) is 70.7 Å². The van der Waals surface area contributed by atoms with Crippen molar-refractivity contribution in [1.29, 1.82) is 5.26 Å². The number of nitriles is 1. The number of benzene rings is 1. The molecule has 5 nitrogen and oxygen atoms in total. The number of carbonyl (C=O) groups is 1. The molecule has 2 rings (SSSR count). The number of nitrogens with zero attached hydrogens (tertiary/aromatic N) is 3. The fraction of sp³-hybridized carbons (Fsp3) is 0.214. The molecular formula is C14H14N4OS. The quantitative estimate of drug-likeness (QED) is 0.672. The molecule has 0 unspecified atom stereocenters. The summed E-state index contributed by atoms with van der Waals surface area (Å²) in [5.74, 6) is 0.627. The highest BCUT2D eigenvalue weighted by atomic mass is 32.2. The third kappa shape index (κ3) is 3.62. The standard InChI is InChI=1S/C14H14N4OS/c1-18-8-6-17-14(18)20-9-7-16-13(19)12-4-2-11(10-15)3-5-12/h2-6,8H,7,9H2,1H3,(H,16,19). The molecule has 0 spiro atoms. The molecule has 0 fully saturated rings. The van der Waals surface area contributed by atoms with Crippen LogP contribution in [0, 0.1) is 11.3 Å². The smallest absolute Gasteiger partial charge is 0.251 e. The van der Waals surface area contributed by atoms with Crippen molar-refractivity contribution in [2.45, 2.75) is 5.16 Å². The molecule has 2 aromatic rings. The highest BCUT2D eigenvalue weighted by Crippen LogP contribution is 2.13. The Bertz CT molecular complexity index is 627. The van der Waals surface area contributed by atoms with E-state index in [4.69, 9.17) is 5.26 Å². The Morgan fingerprint density at radius 1 is 1.45 bits per heavy atom. The van der Waals surface area contributed by atoms with Gasteiger partial charge in [0.15, 0.2) is 5.16 Å². The van der Waals surface area contributed by atoms with Gasteiger partial charge >= 0.3 is 0 Å². The van der Waals surface area contributed by atoms with Crippen LogP contribution in [0.4, 0.5) is 0 Å². The summed E-state index contributed by atoms with van der Waals surface area (Å²) in [4.78, 5) is 16.0. The van der Waals surface area contributed by atoms with Crippen molar-refractivity contribution in [3.8, 4) is 6.07 Å². The maximum absolute atomic E-state index is 11.8. The molecule has 1 aromatic carbocycles. The van der Waals surface area contributed by atoms with Crippen LogP contribution < -0.4 is 5.32 Å². The zero-order chi connectivity index (χ0) is 14.4. The molecule has 102 valence electrons. The van der Waals surface area contributed by atoms with E-state index in [0.29, 0.717) is 17.7 Å². The molecular weight excluding hydrogens is 272 g/mol. The average molecular weight is 286 g/mol. The number of carbonyl (C=O) groups excluding carboxylic acids is 1. The van der Waals surface area contributed by atoms with Gasteiger partial charge in [-0.1, -0.05) is 11.8 Å². The molecule has 0 aliphatic rings. The number of amides is 1. The van der Waals surface area contributed by atoms with Crippen molar-refractivity contribution in [3.63, 3.8) is 0 Å². The Kier molecular flexibility index (Phi) is 4.80. The average Bonchev–Trinajstić information content (AvgIpc) is 2.89. The normalized spacial score (nSPS) is 10.0. The van der Waals surface area contributed by atoms with E-state index in [2.05, 4.69) is 10.3 Å². The van der Waals surface area contributed by atoms with E-state index in [0.717, 1.165) is 10.9 Å². The van der Waals surface area contributed by atoms with Crippen LogP contribution in [0.2, 0.25) is 0 Å². The minimum atomic E-state index is -0.130. The van der Waals surface area contributed by atoms with Crippen LogP contribution in [0.25, 0.3) is 0 Å². The van der Waals surface area contributed by atoms with Gasteiger partial charge in [-0.15, -0.1) is 0 Å². The molecule has 1 aromatic heterocycles. The van der Waals surface area contributed by atoms with E-state index < -0.39 is 0 Å². The molecule has 0 bridgehead atoms. The maximum atomic E-state index is 11.8. The summed E-state index contributed by atoms with van der Waals surface area (Å²) >= 11 is 1.59. The first-order valence-corrected chi connectivity index (χ1v) is 7.08. The summed E-state index contributed by atoms with van der Waals surface area (Å²) in [6, 6.07) is 8.60. The fourth-order valence-electron chi connectivity index (χ4n) is 1.60. The largest absolute Gasteiger partial charge is 0.351 e. The van der Waals surface area contributed by atoms with Crippen LogP contribution in [0.3, 0.4) is 0 Å². The zero-order valence-corrected chi connectivity index (χ0v) is 11.9. The summed E-state index contributed by atoms with van der Waals surface area (Å²) in [6.07, 6.45) is 3.63. The lowest BCUT2D eigenvalue weighted by atomic mass is 10.1. The SMILES string of the molecule is Cn1ccnc1SCCNC(=O)c1ccc(C#N)cc1. The van der Waals surface area contributed by atoms with Crippen LogP contribution in [-0.4, -0.2) is 27.8 Å². The molecule has 0 aliphatic heterocycles. The number of imidazole rings is 1. The summed E-state index contributed by atoms with van der Waals surface area (Å²) in [7, 11) is 1.94. The van der Waals surface area contributed by atoms with Crippen LogP contribution in [0.1, 0.15) is 15.9 Å². The van der Waals surface area contributed by atoms with Gasteiger partial charge in [-0.3, -0.25) is 4.79 Å². The minimum absolute atomic E-state index is 0.130. The number of thioether (sulfide) groups is 1. The highest BCUT2D eigenvalue weighted by molar-refractivity contribution is 7.99. The molecule has 0 atom stereocenters. The lowest BCUT2D eigenvalue weighted by Gasteiger charge is -2.05. The van der Waals surface area contributed by atoms with Gasteiger partial charge in [0.2, 0.25) is 0 Å². The zero-order valence-electron chi connectivity index (χ0n) is 11.0. The Balaban J connectivity index is 1.77. The van der Waals surface area contributed by atoms with Gasteiger partial charge in [0, 0.05) is 37.3 Å². The third-order valence-electron chi connectivity index (χ3n) is 2.67. The van der Waals surface area contributed by atoms with Gasteiger partial charge in [-0.25, -0.2) is 4.98 Å². The lowest BCUT2D eigenvalue weighted by molar-refractivity contribution is 0.0956. The van der Waals surface area contributed by atoms with Gasteiger partial charge in [-0.2, -0.15) is 5.26 Å². The van der Waals surface area contributed by atoms with E-state index in [1.165, 1.54) is 0 Å². The van der Waals surface area contributed by atoms with E-state index in [1.807, 2.05) is 23.9 Å². The highest BCUT2D eigenvalue weighted by Gasteiger charge is 2.05. The number of aryl methyl sites for hydroxylation is 1. The van der Waals surface area contributed by atoms with Gasteiger partial charge in [-0.05, 0) is 24.3 Å². The fourth-order valence-corrected chi connectivity index (χ4v) is 2.38. The number of rotatable bonds is 5. The molecule has 6 heteroatoms. The summed E-state index contributed by atoms with van der Waals surface area (Å²) in [5, 5.41) is 12.5. The van der Waals surface area contributed by atoms with Crippen LogP contribution in [-0.2, 0) is 7.05 Å². The molecule has 0 aliphatic carbocycles. The van der Waals surface area contributed by atoms with Crippen LogP contribution in [0.5, 0.6) is 0 Å². The summed E-state index contributed by atoms with van der Waals surface area (Å²) in [5.41, 5.74) is 1.11. The van der Waals surface area contributed by atoms with Gasteiger partial charge in [0.1, 0.15) is 0 Å². The van der Waals surface area contributed by atoms with Crippen LogP contribution >= 0.6 is 11.8 Å². The monoisotopic (exact) mass is 286 g/mol. The first-order valence-electron chi connectivity index (χ1n) is 6.09. The molecule has 0 radical (unpaired) electrons. The Morgan fingerprint density at radius 2 is 2.20 bits per heavy atom. The Morgan fingerprint density at radius 3 is 2.80 bits per heavy atom. The van der Waals surface area contributed by atoms with Crippen molar-refractivity contribution < 1.29 is 4.79 Å². The number of aromatic nitrogens is 2. The molecule has 1 heterocycles. The van der Waals surface area contributed by atoms with Gasteiger partial charge in [0.05, 0.1) is 11.6 Å². The maximum Gasteiger partial charge on any atom is 0.251 e. The third-order valence-corrected chi connectivity index (χ3v) is 3.73. The molecule has 0 saturated carbocycles. The van der Waals surface area contributed by atoms with Gasteiger partial charge in [0.25, 0.3) is 5.91 Å². The summed E-state index contributed by atoms with van der Waals surface area (Å²) < 4.78 is 1.94. The second kappa shape index (κ2) is 6.78. The van der Waals surface area contributed by atoms with Crippen molar-refractivity contribution in [2.75, 3.05) is 12.3 Å². The van der Waals surface area contributed by atoms with E-state index in [9.17, 15) is 4.79 Å². The first kappa shape index (κ1) is 14.2. The van der Waals surface area contributed by atoms with Crippen molar-refractivity contribution in [1.82, 2.24) is 14.9 Å². The number of hydrogen-bond acceptors (Lipinski definition) is 4. The van der Waals surface area contributed by atoms with Crippen molar-refractivity contribution in [3.05, 3.63) is 47.8 Å². The molecule has 1 amide bonds. The summed E-state index contributed by atoms with van der Waals surface area (Å²) in [6.45, 7) is 0.566. The molecule has 1 N–H and O–H groups in total. The molecule has 0 saturated heterocycles. The predicted molar refractivity (Wildman–Crippen MR) is 77.4 cm³/mol. The second-order valence-corrected chi connectivity index (χ2v) is 5.18. The Hall–Kier alpha value is -2.26. The van der Waals surface area contributed by atoms with Gasteiger partial charge < -0.3 is 9.88 Å². The van der Waals surface area contributed by atoms with Crippen molar-refractivity contribution in [2.24, 2.45) is 7.05 Å².